The van der Waals surface area contributed by atoms with Gasteiger partial charge in [0.05, 0.1) is 39.9 Å². The van der Waals surface area contributed by atoms with E-state index in [4.69, 9.17) is 0 Å². The van der Waals surface area contributed by atoms with Crippen LogP contribution in [0.25, 0.3) is 10.4 Å². The van der Waals surface area contributed by atoms with E-state index in [1.165, 1.54) is 12.1 Å². The zero-order valence-electron chi connectivity index (χ0n) is 46.6. The molecule has 4 saturated heterocycles. The van der Waals surface area contributed by atoms with Crippen LogP contribution in [0.4, 0.5) is 26.1 Å². The second-order valence-corrected chi connectivity index (χ2v) is 25.0. The molecule has 18 heteroatoms. The van der Waals surface area contributed by atoms with Crippen molar-refractivity contribution in [2.45, 2.75) is 169 Å². The van der Waals surface area contributed by atoms with Crippen LogP contribution in [-0.4, -0.2) is 118 Å². The van der Waals surface area contributed by atoms with Crippen molar-refractivity contribution < 1.29 is 28.0 Å². The van der Waals surface area contributed by atoms with Gasteiger partial charge in [-0.1, -0.05) is 91.0 Å². The predicted octanol–water partition coefficient (Wildman–Crippen LogP) is 9.72. The molecule has 15 nitrogen and oxygen atoms in total. The van der Waals surface area contributed by atoms with Crippen molar-refractivity contribution in [1.29, 1.82) is 0 Å². The maximum absolute atomic E-state index is 15.7. The fourth-order valence-corrected chi connectivity index (χ4v) is 12.3. The van der Waals surface area contributed by atoms with Crippen molar-refractivity contribution >= 4 is 52.3 Å². The lowest BCUT2D eigenvalue weighted by Crippen LogP contribution is -2.66. The smallest absolute Gasteiger partial charge is 0.246 e. The third-order valence-corrected chi connectivity index (χ3v) is 17.4. The summed E-state index contributed by atoms with van der Waals surface area (Å²) in [4.78, 5) is 76.4. The van der Waals surface area contributed by atoms with Gasteiger partial charge < -0.3 is 36.0 Å². The first kappa shape index (κ1) is 57.4. The van der Waals surface area contributed by atoms with E-state index in [1.54, 1.807) is 27.5 Å². The van der Waals surface area contributed by atoms with Crippen LogP contribution in [0.5, 0.6) is 0 Å². The van der Waals surface area contributed by atoms with Crippen molar-refractivity contribution in [1.82, 2.24) is 40.7 Å². The number of hydrogen-bond acceptors (Lipinski definition) is 12. The molecule has 418 valence electrons. The Kier molecular flexibility index (Phi) is 18.9. The number of anilines is 3. The van der Waals surface area contributed by atoms with Gasteiger partial charge in [-0.3, -0.25) is 24.1 Å². The Hall–Kier alpha value is -5.75. The number of piperazine rings is 1. The number of halogens is 2. The average molecular weight is 1080 g/mol. The molecule has 0 unspecified atom stereocenters. The first-order valence-electron chi connectivity index (χ1n) is 28.2. The van der Waals surface area contributed by atoms with Crippen LogP contribution in [-0.2, 0) is 25.7 Å². The third-order valence-electron chi connectivity index (χ3n) is 16.4. The number of unbranched alkanes of at least 4 members (excludes halogenated alkanes) is 6. The van der Waals surface area contributed by atoms with E-state index < -0.39 is 34.7 Å². The standard InChI is InChI=1S/C59H83F2N11O4S/c1-40(42-18-20-43(21-19-42)53-41(2)65-39-77-53)66-55(75)47-16-15-27-72(47)56(76)54(57(3,4)5)67-51(73)17-13-11-9-8-10-12-14-26-62-49-34-50(64-38-63-49)70-30-24-59(25-31-70)37-71(36-52(74)68-59)48-33-45(60)44(32-46(48)61)35-69-28-22-58(6,7)23-29-69/h18-21,32-34,38-40,47,54H,8-17,22-31,35-37H2,1-7H3,(H,66,75)(H,67,73)(H,68,74)(H,62,63,64)/t40-,47-,54+/m0/s1. The zero-order valence-corrected chi connectivity index (χ0v) is 47.4. The lowest BCUT2D eigenvalue weighted by atomic mass is 9.82. The molecule has 8 rings (SSSR count). The maximum Gasteiger partial charge on any atom is 0.246 e. The highest BCUT2D eigenvalue weighted by Gasteiger charge is 2.44. The Labute approximate surface area is 459 Å². The Morgan fingerprint density at radius 1 is 0.844 bits per heavy atom. The molecule has 2 aromatic heterocycles. The van der Waals surface area contributed by atoms with E-state index in [0.717, 1.165) is 117 Å². The van der Waals surface area contributed by atoms with E-state index in [1.807, 2.05) is 58.3 Å². The molecule has 4 amide bonds. The van der Waals surface area contributed by atoms with Crippen molar-refractivity contribution in [2.75, 3.05) is 67.5 Å². The Morgan fingerprint density at radius 2 is 1.55 bits per heavy atom. The van der Waals surface area contributed by atoms with Gasteiger partial charge in [-0.25, -0.2) is 23.7 Å². The summed E-state index contributed by atoms with van der Waals surface area (Å²) in [6, 6.07) is 11.1. The van der Waals surface area contributed by atoms with Gasteiger partial charge >= 0.3 is 0 Å². The van der Waals surface area contributed by atoms with Gasteiger partial charge in [0.2, 0.25) is 23.6 Å². The molecular weight excluding hydrogens is 997 g/mol. The van der Waals surface area contributed by atoms with Gasteiger partial charge in [0.1, 0.15) is 41.7 Å². The molecule has 1 spiro atoms. The summed E-state index contributed by atoms with van der Waals surface area (Å²) in [6.07, 6.45) is 13.4. The van der Waals surface area contributed by atoms with E-state index in [9.17, 15) is 19.2 Å². The minimum absolute atomic E-state index is 0.0216. The summed E-state index contributed by atoms with van der Waals surface area (Å²) >= 11 is 1.60. The van der Waals surface area contributed by atoms with Gasteiger partial charge in [-0.2, -0.15) is 0 Å². The summed E-state index contributed by atoms with van der Waals surface area (Å²) in [5.74, 6) is -0.0957. The fraction of sp³-hybridized carbons (Fsp3) is 0.610. The number of rotatable bonds is 21. The topological polar surface area (TPSA) is 168 Å². The van der Waals surface area contributed by atoms with Crippen LogP contribution in [0.1, 0.15) is 154 Å². The number of amides is 4. The van der Waals surface area contributed by atoms with E-state index in [2.05, 4.69) is 72.0 Å². The summed E-state index contributed by atoms with van der Waals surface area (Å²) < 4.78 is 31.2. The van der Waals surface area contributed by atoms with Crippen molar-refractivity contribution in [3.05, 3.63) is 82.8 Å². The molecule has 6 heterocycles. The molecule has 4 aromatic rings. The van der Waals surface area contributed by atoms with Crippen molar-refractivity contribution in [3.8, 4) is 10.4 Å². The van der Waals surface area contributed by atoms with Crippen molar-refractivity contribution in [2.24, 2.45) is 10.8 Å². The second kappa shape index (κ2) is 25.4. The number of likely N-dealkylation sites (tertiary alicyclic amines) is 2. The Bertz CT molecular complexity index is 2660. The van der Waals surface area contributed by atoms with Crippen LogP contribution in [0.3, 0.4) is 0 Å². The van der Waals surface area contributed by atoms with Crippen molar-refractivity contribution in [3.63, 3.8) is 0 Å². The molecule has 4 fully saturated rings. The molecule has 77 heavy (non-hydrogen) atoms. The SMILES string of the molecule is Cc1ncsc1-c1ccc([C@H](C)NC(=O)[C@@H]2CCCN2C(=O)[C@@H](NC(=O)CCCCCCCCCNc2cc(N3CCC4(CC3)CN(c3cc(F)c(CN5CCC(C)(C)CC5)cc3F)CC(=O)N4)ncn2)C(C)(C)C)cc1. The number of hydrogen-bond donors (Lipinski definition) is 4. The monoisotopic (exact) mass is 1080 g/mol. The van der Waals surface area contributed by atoms with Gasteiger partial charge in [0.25, 0.3) is 0 Å². The first-order chi connectivity index (χ1) is 36.8. The number of nitrogens with zero attached hydrogens (tertiary/aromatic N) is 7. The number of nitrogens with one attached hydrogen (secondary N) is 4. The number of thiazole rings is 1. The van der Waals surface area contributed by atoms with Gasteiger partial charge in [0.15, 0.2) is 0 Å². The van der Waals surface area contributed by atoms with Gasteiger partial charge in [0, 0.05) is 63.4 Å². The zero-order chi connectivity index (χ0) is 54.9. The number of benzene rings is 2. The maximum atomic E-state index is 15.7. The molecule has 4 aliphatic heterocycles. The molecule has 0 radical (unpaired) electrons. The number of aryl methyl sites for hydroxylation is 1. The molecule has 3 atom stereocenters. The van der Waals surface area contributed by atoms with Crippen LogP contribution in [0.15, 0.2) is 54.3 Å². The summed E-state index contributed by atoms with van der Waals surface area (Å²) in [7, 11) is 0. The summed E-state index contributed by atoms with van der Waals surface area (Å²) in [5, 5.41) is 12.9. The molecule has 0 aliphatic carbocycles. The molecule has 4 aliphatic rings. The molecule has 2 aromatic carbocycles. The summed E-state index contributed by atoms with van der Waals surface area (Å²) in [6.45, 7) is 19.3. The van der Waals surface area contributed by atoms with Crippen LogP contribution < -0.4 is 31.1 Å². The van der Waals surface area contributed by atoms with Gasteiger partial charge in [-0.15, -0.1) is 11.3 Å². The first-order valence-corrected chi connectivity index (χ1v) is 29.1. The van der Waals surface area contributed by atoms with Crippen LogP contribution in [0, 0.1) is 29.4 Å². The highest BCUT2D eigenvalue weighted by molar-refractivity contribution is 7.13. The number of piperidine rings is 2. The predicted molar refractivity (Wildman–Crippen MR) is 302 cm³/mol. The molecule has 0 saturated carbocycles. The normalized spacial score (nSPS) is 19.5. The molecule has 0 bridgehead atoms. The quantitative estimate of drug-likeness (QED) is 0.0587. The van der Waals surface area contributed by atoms with Gasteiger partial charge in [-0.05, 0) is 106 Å². The highest BCUT2D eigenvalue weighted by Crippen LogP contribution is 2.35. The number of carbonyl (C=O) groups is 4. The van der Waals surface area contributed by atoms with Crippen LogP contribution in [0.2, 0.25) is 0 Å². The van der Waals surface area contributed by atoms with E-state index in [-0.39, 0.29) is 47.3 Å². The minimum atomic E-state index is -0.746. The van der Waals surface area contributed by atoms with E-state index in [0.29, 0.717) is 64.0 Å². The second-order valence-electron chi connectivity index (χ2n) is 24.1. The fourth-order valence-electron chi connectivity index (χ4n) is 11.5. The average Bonchev–Trinajstić information content (AvgIpc) is 4.07. The largest absolute Gasteiger partial charge is 0.370 e. The molecule has 4 N–H and O–H groups in total. The number of aromatic nitrogens is 3. The minimum Gasteiger partial charge on any atom is -0.370 e. The highest BCUT2D eigenvalue weighted by atomic mass is 32.1. The molecular formula is C59H83F2N11O4S. The number of carbonyl (C=O) groups excluding carboxylic acids is 4. The third kappa shape index (κ3) is 15.1. The van der Waals surface area contributed by atoms with Crippen LogP contribution >= 0.6 is 11.3 Å². The Balaban J connectivity index is 0.703. The Morgan fingerprint density at radius 3 is 2.23 bits per heavy atom. The lowest BCUT2D eigenvalue weighted by Gasteiger charge is -2.48. The summed E-state index contributed by atoms with van der Waals surface area (Å²) in [5.41, 5.74) is 4.56. The lowest BCUT2D eigenvalue weighted by molar-refractivity contribution is -0.144. The van der Waals surface area contributed by atoms with E-state index >= 15 is 8.78 Å².